The van der Waals surface area contributed by atoms with Gasteiger partial charge in [-0.3, -0.25) is 4.79 Å². The van der Waals surface area contributed by atoms with Crippen LogP contribution < -0.4 is 9.47 Å². The molecule has 0 unspecified atom stereocenters. The Morgan fingerprint density at radius 3 is 2.50 bits per heavy atom. The van der Waals surface area contributed by atoms with Crippen molar-refractivity contribution in [1.29, 1.82) is 0 Å². The Balaban J connectivity index is 2.36. The number of hydrogen-bond acceptors (Lipinski definition) is 7. The molecule has 0 atom stereocenters. The number of nitrogens with zero attached hydrogens (tertiary/aromatic N) is 4. The molecule has 0 radical (unpaired) electrons. The van der Waals surface area contributed by atoms with Crippen LogP contribution in [-0.2, 0) is 4.79 Å². The lowest BCUT2D eigenvalue weighted by atomic mass is 10.3. The predicted octanol–water partition coefficient (Wildman–Crippen LogP) is 0.856. The number of benzene rings is 1. The number of carbonyl (C=O) groups is 1. The predicted molar refractivity (Wildman–Crippen MR) is 70.6 cm³/mol. The summed E-state index contributed by atoms with van der Waals surface area (Å²) in [6.07, 6.45) is 0. The third-order valence-corrected chi connectivity index (χ3v) is 3.25. The fourth-order valence-electron chi connectivity index (χ4n) is 1.47. The van der Waals surface area contributed by atoms with E-state index in [-0.39, 0.29) is 5.75 Å². The van der Waals surface area contributed by atoms with Crippen molar-refractivity contribution in [2.24, 2.45) is 0 Å². The van der Waals surface area contributed by atoms with Crippen LogP contribution in [0.25, 0.3) is 5.69 Å². The van der Waals surface area contributed by atoms with E-state index in [2.05, 4.69) is 15.5 Å². The van der Waals surface area contributed by atoms with Gasteiger partial charge in [-0.05, 0) is 10.4 Å². The molecular formula is C11H12N4O4S. The molecule has 0 bridgehead atoms. The van der Waals surface area contributed by atoms with Gasteiger partial charge in [0.2, 0.25) is 5.16 Å². The number of rotatable bonds is 6. The average molecular weight is 296 g/mol. The minimum Gasteiger partial charge on any atom is -0.497 e. The molecule has 106 valence electrons. The molecular weight excluding hydrogens is 284 g/mol. The van der Waals surface area contributed by atoms with E-state index >= 15 is 0 Å². The van der Waals surface area contributed by atoms with E-state index in [9.17, 15) is 4.79 Å². The molecule has 0 aliphatic carbocycles. The third kappa shape index (κ3) is 3.18. The highest BCUT2D eigenvalue weighted by molar-refractivity contribution is 7.99. The first-order valence-electron chi connectivity index (χ1n) is 5.50. The molecule has 1 aromatic carbocycles. The van der Waals surface area contributed by atoms with Gasteiger partial charge in [-0.25, -0.2) is 0 Å². The Kier molecular flexibility index (Phi) is 4.41. The van der Waals surface area contributed by atoms with Crippen molar-refractivity contribution < 1.29 is 19.4 Å². The molecule has 0 aliphatic heterocycles. The number of carboxylic acids is 1. The molecule has 1 aromatic heterocycles. The first-order chi connectivity index (χ1) is 9.63. The zero-order valence-electron chi connectivity index (χ0n) is 10.8. The molecule has 9 heteroatoms. The second kappa shape index (κ2) is 6.24. The van der Waals surface area contributed by atoms with Gasteiger partial charge >= 0.3 is 5.97 Å². The highest BCUT2D eigenvalue weighted by atomic mass is 32.2. The zero-order chi connectivity index (χ0) is 14.5. The van der Waals surface area contributed by atoms with Crippen LogP contribution in [0.3, 0.4) is 0 Å². The van der Waals surface area contributed by atoms with Gasteiger partial charge in [0, 0.05) is 18.2 Å². The maximum atomic E-state index is 10.6. The zero-order valence-corrected chi connectivity index (χ0v) is 11.6. The normalized spacial score (nSPS) is 10.3. The van der Waals surface area contributed by atoms with E-state index in [1.807, 2.05) is 0 Å². The Bertz CT molecular complexity index is 594. The number of carboxylic acid groups (broad SMARTS) is 1. The van der Waals surface area contributed by atoms with E-state index in [4.69, 9.17) is 14.6 Å². The second-order valence-corrected chi connectivity index (χ2v) is 4.57. The van der Waals surface area contributed by atoms with Crippen LogP contribution >= 0.6 is 11.8 Å². The molecule has 2 rings (SSSR count). The van der Waals surface area contributed by atoms with Crippen molar-refractivity contribution in [1.82, 2.24) is 20.2 Å². The van der Waals surface area contributed by atoms with Gasteiger partial charge in [0.25, 0.3) is 0 Å². The summed E-state index contributed by atoms with van der Waals surface area (Å²) in [6.45, 7) is 0. The van der Waals surface area contributed by atoms with Crippen LogP contribution in [0, 0.1) is 0 Å². The van der Waals surface area contributed by atoms with E-state index in [0.29, 0.717) is 22.3 Å². The summed E-state index contributed by atoms with van der Waals surface area (Å²) >= 11 is 1.03. The molecule has 20 heavy (non-hydrogen) atoms. The van der Waals surface area contributed by atoms with E-state index in [0.717, 1.165) is 11.8 Å². The van der Waals surface area contributed by atoms with Crippen molar-refractivity contribution in [2.45, 2.75) is 5.16 Å². The Morgan fingerprint density at radius 1 is 1.30 bits per heavy atom. The van der Waals surface area contributed by atoms with Gasteiger partial charge in [-0.2, -0.15) is 4.68 Å². The third-order valence-electron chi connectivity index (χ3n) is 2.35. The highest BCUT2D eigenvalue weighted by Crippen LogP contribution is 2.26. The Morgan fingerprint density at radius 2 is 1.95 bits per heavy atom. The summed E-state index contributed by atoms with van der Waals surface area (Å²) in [5.41, 5.74) is 0.624. The number of ether oxygens (including phenoxy) is 2. The van der Waals surface area contributed by atoms with E-state index < -0.39 is 5.97 Å². The lowest BCUT2D eigenvalue weighted by Crippen LogP contribution is -2.03. The fourth-order valence-corrected chi connectivity index (χ4v) is 2.08. The van der Waals surface area contributed by atoms with Crippen LogP contribution in [0.5, 0.6) is 11.5 Å². The molecule has 2 aromatic rings. The van der Waals surface area contributed by atoms with Crippen LogP contribution in [0.15, 0.2) is 23.4 Å². The second-order valence-electron chi connectivity index (χ2n) is 3.63. The lowest BCUT2D eigenvalue weighted by Gasteiger charge is -2.08. The van der Waals surface area contributed by atoms with Gasteiger partial charge in [0.15, 0.2) is 0 Å². The maximum absolute atomic E-state index is 10.6. The van der Waals surface area contributed by atoms with Crippen molar-refractivity contribution in [3.8, 4) is 17.2 Å². The molecule has 0 fully saturated rings. The summed E-state index contributed by atoms with van der Waals surface area (Å²) in [4.78, 5) is 10.6. The summed E-state index contributed by atoms with van der Waals surface area (Å²) in [7, 11) is 3.08. The summed E-state index contributed by atoms with van der Waals surface area (Å²) in [5, 5.41) is 20.3. The quantitative estimate of drug-likeness (QED) is 0.783. The van der Waals surface area contributed by atoms with Crippen molar-refractivity contribution >= 4 is 17.7 Å². The van der Waals surface area contributed by atoms with Gasteiger partial charge in [-0.15, -0.1) is 5.10 Å². The van der Waals surface area contributed by atoms with Crippen molar-refractivity contribution in [3.63, 3.8) is 0 Å². The minimum atomic E-state index is -0.937. The first kappa shape index (κ1) is 14.1. The molecule has 0 saturated heterocycles. The number of aromatic nitrogens is 4. The Hall–Kier alpha value is -2.29. The molecule has 1 heterocycles. The molecule has 0 spiro atoms. The van der Waals surface area contributed by atoms with Gasteiger partial charge in [0.05, 0.1) is 25.7 Å². The highest BCUT2D eigenvalue weighted by Gasteiger charge is 2.13. The van der Waals surface area contributed by atoms with Gasteiger partial charge < -0.3 is 14.6 Å². The maximum Gasteiger partial charge on any atom is 0.313 e. The SMILES string of the molecule is COc1cc(OC)cc(-n2nnnc2SCC(=O)O)c1. The lowest BCUT2D eigenvalue weighted by molar-refractivity contribution is -0.133. The van der Waals surface area contributed by atoms with Crippen LogP contribution in [0.2, 0.25) is 0 Å². The van der Waals surface area contributed by atoms with Gasteiger partial charge in [0.1, 0.15) is 11.5 Å². The molecule has 1 N–H and O–H groups in total. The van der Waals surface area contributed by atoms with Crippen molar-refractivity contribution in [2.75, 3.05) is 20.0 Å². The minimum absolute atomic E-state index is 0.124. The summed E-state index contributed by atoms with van der Waals surface area (Å²) in [6, 6.07) is 5.17. The number of thioether (sulfide) groups is 1. The molecule has 8 nitrogen and oxygen atoms in total. The monoisotopic (exact) mass is 296 g/mol. The number of tetrazole rings is 1. The number of methoxy groups -OCH3 is 2. The average Bonchev–Trinajstić information content (AvgIpc) is 2.92. The van der Waals surface area contributed by atoms with Gasteiger partial charge in [-0.1, -0.05) is 11.8 Å². The fraction of sp³-hybridized carbons (Fsp3) is 0.273. The topological polar surface area (TPSA) is 99.4 Å². The first-order valence-corrected chi connectivity index (χ1v) is 6.49. The van der Waals surface area contributed by atoms with Crippen molar-refractivity contribution in [3.05, 3.63) is 18.2 Å². The summed E-state index contributed by atoms with van der Waals surface area (Å²) < 4.78 is 11.8. The number of hydrogen-bond donors (Lipinski definition) is 1. The standard InChI is InChI=1S/C11H12N4O4S/c1-18-8-3-7(4-9(5-8)19-2)15-11(12-13-14-15)20-6-10(16)17/h3-5H,6H2,1-2H3,(H,16,17). The van der Waals surface area contributed by atoms with Crippen LogP contribution in [0.1, 0.15) is 0 Å². The molecule has 0 saturated carbocycles. The summed E-state index contributed by atoms with van der Waals surface area (Å²) in [5.74, 6) is 0.113. The van der Waals surface area contributed by atoms with Crippen LogP contribution in [0.4, 0.5) is 0 Å². The van der Waals surface area contributed by atoms with Crippen LogP contribution in [-0.4, -0.2) is 51.3 Å². The largest absolute Gasteiger partial charge is 0.497 e. The van der Waals surface area contributed by atoms with E-state index in [1.54, 1.807) is 18.2 Å². The number of aliphatic carboxylic acids is 1. The Labute approximate surface area is 118 Å². The molecule has 0 amide bonds. The van der Waals surface area contributed by atoms with E-state index in [1.165, 1.54) is 18.9 Å². The smallest absolute Gasteiger partial charge is 0.313 e. The molecule has 0 aliphatic rings.